The minimum absolute atomic E-state index is 0.0306. The third-order valence-electron chi connectivity index (χ3n) is 7.04. The van der Waals surface area contributed by atoms with Crippen molar-refractivity contribution in [3.05, 3.63) is 93.3 Å². The molecule has 0 aromatic heterocycles. The van der Waals surface area contributed by atoms with Crippen molar-refractivity contribution in [1.29, 1.82) is 0 Å². The highest BCUT2D eigenvalue weighted by atomic mass is 35.5. The molecule has 2 aromatic carbocycles. The molecule has 0 radical (unpaired) electrons. The standard InChI is InChI=1S/C33H38ClN3O10/c1-4-46-32(42)29-25(36-20(2)27(31(41)44-3)28(29)22-12-8-9-13-23(22)34)19-45-17-16-35-26(38)15-14-24(30(39)40)37-33(43)47-18-21-10-6-5-7-11-21/h5-13,24,28,36H,4,14-19H2,1-3H3,(H,35,38)(H,37,43)(H,39,40)/t24-,28?/m0/s1. The van der Waals surface area contributed by atoms with Gasteiger partial charge in [0.1, 0.15) is 12.6 Å². The smallest absolute Gasteiger partial charge is 0.408 e. The number of allylic oxidation sites excluding steroid dienone is 1. The molecular formula is C33H38ClN3O10. The number of methoxy groups -OCH3 is 1. The summed E-state index contributed by atoms with van der Waals surface area (Å²) >= 11 is 6.51. The third-order valence-corrected chi connectivity index (χ3v) is 7.38. The van der Waals surface area contributed by atoms with Crippen LogP contribution in [-0.4, -0.2) is 74.5 Å². The van der Waals surface area contributed by atoms with E-state index in [-0.39, 0.29) is 57.0 Å². The summed E-state index contributed by atoms with van der Waals surface area (Å²) in [5.74, 6) is -3.98. The second-order valence-corrected chi connectivity index (χ2v) is 10.7. The van der Waals surface area contributed by atoms with Crippen LogP contribution >= 0.6 is 11.6 Å². The van der Waals surface area contributed by atoms with Crippen molar-refractivity contribution in [2.24, 2.45) is 0 Å². The molecule has 0 saturated carbocycles. The largest absolute Gasteiger partial charge is 0.480 e. The van der Waals surface area contributed by atoms with Crippen LogP contribution in [-0.2, 0) is 44.7 Å². The van der Waals surface area contributed by atoms with Gasteiger partial charge in [0.2, 0.25) is 5.91 Å². The molecule has 1 aliphatic heterocycles. The van der Waals surface area contributed by atoms with Crippen molar-refractivity contribution in [2.75, 3.05) is 33.5 Å². The molecule has 14 heteroatoms. The lowest BCUT2D eigenvalue weighted by Crippen LogP contribution is -2.42. The lowest BCUT2D eigenvalue weighted by Gasteiger charge is -2.31. The van der Waals surface area contributed by atoms with E-state index in [1.165, 1.54) is 7.11 Å². The van der Waals surface area contributed by atoms with Crippen LogP contribution in [0.15, 0.2) is 77.1 Å². The fourth-order valence-electron chi connectivity index (χ4n) is 4.83. The molecule has 252 valence electrons. The van der Waals surface area contributed by atoms with E-state index in [1.54, 1.807) is 62.4 Å². The number of carboxylic acids is 1. The first-order valence-electron chi connectivity index (χ1n) is 14.8. The van der Waals surface area contributed by atoms with E-state index in [2.05, 4.69) is 16.0 Å². The normalized spacial score (nSPS) is 14.9. The Morgan fingerprint density at radius 1 is 0.957 bits per heavy atom. The molecule has 1 unspecified atom stereocenters. The molecule has 2 amide bonds. The van der Waals surface area contributed by atoms with Gasteiger partial charge in [0, 0.05) is 23.7 Å². The Balaban J connectivity index is 1.58. The van der Waals surface area contributed by atoms with Crippen LogP contribution < -0.4 is 16.0 Å². The molecule has 2 aromatic rings. The predicted octanol–water partition coefficient (Wildman–Crippen LogP) is 3.58. The topological polar surface area (TPSA) is 179 Å². The van der Waals surface area contributed by atoms with Gasteiger partial charge in [-0.3, -0.25) is 4.79 Å². The number of esters is 2. The Labute approximate surface area is 277 Å². The number of aliphatic carboxylic acids is 1. The van der Waals surface area contributed by atoms with Crippen molar-refractivity contribution in [2.45, 2.75) is 45.3 Å². The van der Waals surface area contributed by atoms with Crippen LogP contribution in [0.4, 0.5) is 4.79 Å². The zero-order chi connectivity index (χ0) is 34.3. The number of carbonyl (C=O) groups is 5. The minimum Gasteiger partial charge on any atom is -0.480 e. The maximum absolute atomic E-state index is 13.3. The number of alkyl carbamates (subject to hydrolysis) is 1. The van der Waals surface area contributed by atoms with E-state index in [4.69, 9.17) is 30.5 Å². The molecule has 1 aliphatic rings. The van der Waals surface area contributed by atoms with Gasteiger partial charge in [-0.1, -0.05) is 60.1 Å². The van der Waals surface area contributed by atoms with Crippen molar-refractivity contribution in [3.63, 3.8) is 0 Å². The summed E-state index contributed by atoms with van der Waals surface area (Å²) in [4.78, 5) is 62.2. The molecule has 0 fully saturated rings. The lowest BCUT2D eigenvalue weighted by atomic mass is 9.80. The molecule has 4 N–H and O–H groups in total. The quantitative estimate of drug-likeness (QED) is 0.116. The van der Waals surface area contributed by atoms with Crippen LogP contribution in [0.25, 0.3) is 0 Å². The number of benzene rings is 2. The SMILES string of the molecule is CCOC(=O)C1=C(COCCNC(=O)CC[C@H](NC(=O)OCc2ccccc2)C(=O)O)NC(C)=C(C(=O)OC)C1c1ccccc1Cl. The molecule has 0 bridgehead atoms. The number of carboxylic acid groups (broad SMARTS) is 1. The van der Waals surface area contributed by atoms with Gasteiger partial charge in [-0.15, -0.1) is 0 Å². The van der Waals surface area contributed by atoms with E-state index in [1.807, 2.05) is 6.07 Å². The molecule has 3 rings (SSSR count). The summed E-state index contributed by atoms with van der Waals surface area (Å²) in [5, 5.41) is 17.8. The summed E-state index contributed by atoms with van der Waals surface area (Å²) in [7, 11) is 1.24. The number of carbonyl (C=O) groups excluding carboxylic acids is 4. The van der Waals surface area contributed by atoms with Gasteiger partial charge in [0.15, 0.2) is 0 Å². The van der Waals surface area contributed by atoms with E-state index in [9.17, 15) is 29.1 Å². The first-order valence-corrected chi connectivity index (χ1v) is 15.2. The zero-order valence-electron chi connectivity index (χ0n) is 26.3. The van der Waals surface area contributed by atoms with Gasteiger partial charge in [-0.25, -0.2) is 19.2 Å². The molecule has 0 aliphatic carbocycles. The van der Waals surface area contributed by atoms with E-state index < -0.39 is 41.9 Å². The van der Waals surface area contributed by atoms with Crippen molar-refractivity contribution >= 4 is 41.5 Å². The third kappa shape index (κ3) is 10.6. The Morgan fingerprint density at radius 2 is 1.66 bits per heavy atom. The summed E-state index contributed by atoms with van der Waals surface area (Å²) in [6.45, 7) is 3.38. The summed E-state index contributed by atoms with van der Waals surface area (Å²) < 4.78 is 21.2. The highest BCUT2D eigenvalue weighted by Gasteiger charge is 2.39. The molecule has 47 heavy (non-hydrogen) atoms. The van der Waals surface area contributed by atoms with Gasteiger partial charge in [0.25, 0.3) is 0 Å². The highest BCUT2D eigenvalue weighted by molar-refractivity contribution is 6.31. The number of amides is 2. The number of hydrogen-bond donors (Lipinski definition) is 4. The summed E-state index contributed by atoms with van der Waals surface area (Å²) in [6, 6.07) is 14.4. The lowest BCUT2D eigenvalue weighted by molar-refractivity contribution is -0.140. The number of hydrogen-bond acceptors (Lipinski definition) is 10. The first kappa shape index (κ1) is 36.6. The maximum atomic E-state index is 13.3. The zero-order valence-corrected chi connectivity index (χ0v) is 27.1. The predicted molar refractivity (Wildman–Crippen MR) is 170 cm³/mol. The average Bonchev–Trinajstić information content (AvgIpc) is 3.05. The highest BCUT2D eigenvalue weighted by Crippen LogP contribution is 2.41. The fraction of sp³-hybridized carbons (Fsp3) is 0.364. The van der Waals surface area contributed by atoms with Crippen molar-refractivity contribution < 1.29 is 48.0 Å². The van der Waals surface area contributed by atoms with Gasteiger partial charge in [0.05, 0.1) is 49.7 Å². The Kier molecular flexibility index (Phi) is 14.3. The second kappa shape index (κ2) is 18.3. The van der Waals surface area contributed by atoms with E-state index in [0.717, 1.165) is 5.56 Å². The van der Waals surface area contributed by atoms with Crippen LogP contribution in [0.3, 0.4) is 0 Å². The number of nitrogens with one attached hydrogen (secondary N) is 3. The molecule has 0 spiro atoms. The second-order valence-electron chi connectivity index (χ2n) is 10.3. The summed E-state index contributed by atoms with van der Waals surface area (Å²) in [5.41, 5.74) is 2.35. The van der Waals surface area contributed by atoms with Gasteiger partial charge in [-0.05, 0) is 37.5 Å². The van der Waals surface area contributed by atoms with Gasteiger partial charge < -0.3 is 40.0 Å². The maximum Gasteiger partial charge on any atom is 0.408 e. The fourth-order valence-corrected chi connectivity index (χ4v) is 5.07. The van der Waals surface area contributed by atoms with Gasteiger partial charge in [-0.2, -0.15) is 0 Å². The molecule has 13 nitrogen and oxygen atoms in total. The molecule has 0 saturated heterocycles. The van der Waals surface area contributed by atoms with Crippen LogP contribution in [0.1, 0.15) is 43.7 Å². The molecule has 2 atom stereocenters. The molecule has 1 heterocycles. The monoisotopic (exact) mass is 671 g/mol. The van der Waals surface area contributed by atoms with Crippen LogP contribution in [0.2, 0.25) is 5.02 Å². The Bertz CT molecular complexity index is 1510. The van der Waals surface area contributed by atoms with Crippen LogP contribution in [0.5, 0.6) is 0 Å². The van der Waals surface area contributed by atoms with Crippen molar-refractivity contribution in [3.8, 4) is 0 Å². The Morgan fingerprint density at radius 3 is 2.32 bits per heavy atom. The Hall–Kier alpha value is -4.88. The molecular weight excluding hydrogens is 634 g/mol. The number of dihydropyridines is 1. The number of rotatable bonds is 16. The number of ether oxygens (including phenoxy) is 4. The first-order chi connectivity index (χ1) is 22.6. The average molecular weight is 672 g/mol. The van der Waals surface area contributed by atoms with Crippen LogP contribution in [0, 0.1) is 0 Å². The minimum atomic E-state index is -1.33. The van der Waals surface area contributed by atoms with E-state index in [0.29, 0.717) is 22.0 Å². The van der Waals surface area contributed by atoms with Gasteiger partial charge >= 0.3 is 24.0 Å². The van der Waals surface area contributed by atoms with E-state index >= 15 is 0 Å². The number of halogens is 1. The summed E-state index contributed by atoms with van der Waals surface area (Å²) in [6.07, 6.45) is -1.27. The van der Waals surface area contributed by atoms with Crippen molar-refractivity contribution in [1.82, 2.24) is 16.0 Å².